The first-order valence-electron chi connectivity index (χ1n) is 9.39. The number of allylic oxidation sites excluding steroid dienone is 1. The monoisotopic (exact) mass is 313 g/mol. The minimum Gasteiger partial charge on any atom is -0.395 e. The van der Waals surface area contributed by atoms with Crippen LogP contribution in [-0.2, 0) is 0 Å². The third-order valence-electron chi connectivity index (χ3n) is 4.29. The molecule has 0 aromatic heterocycles. The van der Waals surface area contributed by atoms with E-state index in [1.807, 2.05) is 6.08 Å². The van der Waals surface area contributed by atoms with Crippen LogP contribution in [-0.4, -0.2) is 36.0 Å². The number of hydrogen-bond acceptors (Lipinski definition) is 3. The Labute approximate surface area is 138 Å². The summed E-state index contributed by atoms with van der Waals surface area (Å²) >= 11 is 0. The fraction of sp³-hybridized carbons (Fsp3) is 0.895. The topological polar surface area (TPSA) is 52.5 Å². The molecule has 0 fully saturated rings. The van der Waals surface area contributed by atoms with E-state index in [2.05, 4.69) is 12.2 Å². The van der Waals surface area contributed by atoms with Gasteiger partial charge in [-0.05, 0) is 19.9 Å². The van der Waals surface area contributed by atoms with Gasteiger partial charge in [0.1, 0.15) is 0 Å². The van der Waals surface area contributed by atoms with Crippen LogP contribution in [0.1, 0.15) is 84.0 Å². The molecular weight excluding hydrogens is 274 g/mol. The molecule has 22 heavy (non-hydrogen) atoms. The molecule has 0 bridgehead atoms. The highest BCUT2D eigenvalue weighted by Crippen LogP contribution is 2.12. The Morgan fingerprint density at radius 2 is 1.36 bits per heavy atom. The van der Waals surface area contributed by atoms with Gasteiger partial charge in [-0.2, -0.15) is 0 Å². The molecule has 0 aromatic rings. The fourth-order valence-corrected chi connectivity index (χ4v) is 2.67. The minimum absolute atomic E-state index is 0.0412. The van der Waals surface area contributed by atoms with Crippen LogP contribution in [0, 0.1) is 0 Å². The van der Waals surface area contributed by atoms with Crippen LogP contribution >= 0.6 is 0 Å². The lowest BCUT2D eigenvalue weighted by atomic mass is 10.0. The third-order valence-corrected chi connectivity index (χ3v) is 4.29. The zero-order chi connectivity index (χ0) is 16.5. The lowest BCUT2D eigenvalue weighted by Crippen LogP contribution is -2.39. The van der Waals surface area contributed by atoms with Crippen molar-refractivity contribution < 1.29 is 10.2 Å². The summed E-state index contributed by atoms with van der Waals surface area (Å²) in [6.45, 7) is 2.22. The summed E-state index contributed by atoms with van der Waals surface area (Å²) in [6, 6.07) is -0.256. The molecule has 0 unspecified atom stereocenters. The first-order valence-corrected chi connectivity index (χ1v) is 9.39. The smallest absolute Gasteiger partial charge is 0.0896 e. The molecule has 2 atom stereocenters. The van der Waals surface area contributed by atoms with Crippen LogP contribution in [0.5, 0.6) is 0 Å². The molecule has 0 spiro atoms. The summed E-state index contributed by atoms with van der Waals surface area (Å²) in [5.41, 5.74) is 0. The second kappa shape index (κ2) is 17.0. The maximum Gasteiger partial charge on any atom is 0.0896 e. The fourth-order valence-electron chi connectivity index (χ4n) is 2.67. The highest BCUT2D eigenvalue weighted by Gasteiger charge is 2.11. The van der Waals surface area contributed by atoms with Gasteiger partial charge in [0.15, 0.2) is 0 Å². The van der Waals surface area contributed by atoms with Crippen molar-refractivity contribution in [3.8, 4) is 0 Å². The van der Waals surface area contributed by atoms with E-state index in [1.165, 1.54) is 70.6 Å². The largest absolute Gasteiger partial charge is 0.395 e. The average molecular weight is 314 g/mol. The van der Waals surface area contributed by atoms with Gasteiger partial charge in [-0.15, -0.1) is 0 Å². The summed E-state index contributed by atoms with van der Waals surface area (Å²) in [6.07, 6.45) is 19.2. The van der Waals surface area contributed by atoms with Crippen LogP contribution < -0.4 is 5.32 Å². The van der Waals surface area contributed by atoms with Crippen molar-refractivity contribution in [1.29, 1.82) is 0 Å². The molecule has 0 radical (unpaired) electrons. The number of nitrogens with one attached hydrogen (secondary N) is 1. The molecule has 3 nitrogen and oxygen atoms in total. The molecular formula is C19H39NO2. The van der Waals surface area contributed by atoms with Gasteiger partial charge in [0.2, 0.25) is 0 Å². The van der Waals surface area contributed by atoms with Crippen molar-refractivity contribution in [2.75, 3.05) is 13.7 Å². The number of unbranched alkanes of at least 4 members (excludes halogenated alkanes) is 11. The lowest BCUT2D eigenvalue weighted by molar-refractivity contribution is 0.128. The molecule has 0 aliphatic rings. The molecule has 0 saturated carbocycles. The van der Waals surface area contributed by atoms with Gasteiger partial charge in [0.05, 0.1) is 18.8 Å². The Morgan fingerprint density at radius 3 is 1.82 bits per heavy atom. The van der Waals surface area contributed by atoms with Gasteiger partial charge in [-0.3, -0.25) is 0 Å². The normalized spacial score (nSPS) is 14.5. The van der Waals surface area contributed by atoms with Gasteiger partial charge in [0, 0.05) is 0 Å². The first kappa shape index (κ1) is 21.6. The van der Waals surface area contributed by atoms with Crippen LogP contribution in [0.3, 0.4) is 0 Å². The van der Waals surface area contributed by atoms with Crippen LogP contribution in [0.25, 0.3) is 0 Å². The van der Waals surface area contributed by atoms with E-state index >= 15 is 0 Å². The van der Waals surface area contributed by atoms with E-state index in [4.69, 9.17) is 5.11 Å². The highest BCUT2D eigenvalue weighted by atomic mass is 16.3. The van der Waals surface area contributed by atoms with Gasteiger partial charge >= 0.3 is 0 Å². The molecule has 0 aromatic carbocycles. The van der Waals surface area contributed by atoms with Gasteiger partial charge < -0.3 is 15.5 Å². The summed E-state index contributed by atoms with van der Waals surface area (Å²) in [7, 11) is 1.75. The molecule has 0 rings (SSSR count). The van der Waals surface area contributed by atoms with E-state index in [-0.39, 0.29) is 12.6 Å². The SMILES string of the molecule is CCCCCCCCCCCCCC=C[C@@H](O)[C@H](CO)NC. The molecule has 0 saturated heterocycles. The predicted octanol–water partition coefficient (Wildman–Crippen LogP) is 4.18. The van der Waals surface area contributed by atoms with E-state index in [0.29, 0.717) is 0 Å². The number of likely N-dealkylation sites (N-methyl/N-ethyl adjacent to an activating group) is 1. The van der Waals surface area contributed by atoms with E-state index in [1.54, 1.807) is 13.1 Å². The molecule has 132 valence electrons. The highest BCUT2D eigenvalue weighted by molar-refractivity contribution is 4.94. The Bertz CT molecular complexity index is 240. The molecule has 3 heteroatoms. The average Bonchev–Trinajstić information content (AvgIpc) is 2.53. The van der Waals surface area contributed by atoms with Crippen molar-refractivity contribution >= 4 is 0 Å². The van der Waals surface area contributed by atoms with Crippen molar-refractivity contribution in [3.63, 3.8) is 0 Å². The summed E-state index contributed by atoms with van der Waals surface area (Å²) < 4.78 is 0. The third kappa shape index (κ3) is 13.3. The van der Waals surface area contributed by atoms with Crippen LogP contribution in [0.15, 0.2) is 12.2 Å². The van der Waals surface area contributed by atoms with Crippen molar-refractivity contribution in [1.82, 2.24) is 5.32 Å². The minimum atomic E-state index is -0.595. The quantitative estimate of drug-likeness (QED) is 0.296. The number of aliphatic hydroxyl groups excluding tert-OH is 2. The second-order valence-electron chi connectivity index (χ2n) is 6.32. The summed E-state index contributed by atoms with van der Waals surface area (Å²) in [5, 5.41) is 21.7. The van der Waals surface area contributed by atoms with Gasteiger partial charge in [-0.1, -0.05) is 83.3 Å². The van der Waals surface area contributed by atoms with E-state index in [9.17, 15) is 5.11 Å². The predicted molar refractivity (Wildman–Crippen MR) is 96.2 cm³/mol. The van der Waals surface area contributed by atoms with Gasteiger partial charge in [-0.25, -0.2) is 0 Å². The van der Waals surface area contributed by atoms with E-state index in [0.717, 1.165) is 6.42 Å². The molecule has 3 N–H and O–H groups in total. The zero-order valence-corrected chi connectivity index (χ0v) is 14.9. The molecule has 0 amide bonds. The van der Waals surface area contributed by atoms with Crippen LogP contribution in [0.4, 0.5) is 0 Å². The Kier molecular flexibility index (Phi) is 16.7. The second-order valence-corrected chi connectivity index (χ2v) is 6.32. The Morgan fingerprint density at radius 1 is 0.864 bits per heavy atom. The van der Waals surface area contributed by atoms with E-state index < -0.39 is 6.10 Å². The molecule has 0 aliphatic heterocycles. The van der Waals surface area contributed by atoms with Crippen molar-refractivity contribution in [3.05, 3.63) is 12.2 Å². The maximum absolute atomic E-state index is 9.78. The maximum atomic E-state index is 9.78. The number of rotatable bonds is 16. The lowest BCUT2D eigenvalue weighted by Gasteiger charge is -2.16. The van der Waals surface area contributed by atoms with Crippen LogP contribution in [0.2, 0.25) is 0 Å². The Balaban J connectivity index is 3.29. The van der Waals surface area contributed by atoms with Gasteiger partial charge in [0.25, 0.3) is 0 Å². The Hall–Kier alpha value is -0.380. The van der Waals surface area contributed by atoms with Crippen molar-refractivity contribution in [2.24, 2.45) is 0 Å². The zero-order valence-electron chi connectivity index (χ0n) is 14.9. The first-order chi connectivity index (χ1) is 10.8. The number of hydrogen-bond donors (Lipinski definition) is 3. The summed E-state index contributed by atoms with van der Waals surface area (Å²) in [5.74, 6) is 0. The van der Waals surface area contributed by atoms with Crippen molar-refractivity contribution in [2.45, 2.75) is 96.1 Å². The standard InChI is InChI=1S/C19H39NO2/c1-3-4-5-6-7-8-9-10-11-12-13-14-15-16-19(22)18(17-21)20-2/h15-16,18-22H,3-14,17H2,1-2H3/t18-,19+/m0/s1. The molecule has 0 heterocycles. The molecule has 0 aliphatic carbocycles. The number of aliphatic hydroxyl groups is 2. The summed E-state index contributed by atoms with van der Waals surface area (Å²) in [4.78, 5) is 0.